The molecule has 9 heteroatoms. The summed E-state index contributed by atoms with van der Waals surface area (Å²) >= 11 is 0. The number of nitrogens with one attached hydrogen (secondary N) is 2. The van der Waals surface area contributed by atoms with E-state index in [1.54, 1.807) is 13.8 Å². The molecule has 0 aliphatic carbocycles. The van der Waals surface area contributed by atoms with Crippen LogP contribution >= 0.6 is 0 Å². The molecular formula is C17H23N3O6. The zero-order chi connectivity index (χ0) is 20.0. The average molecular weight is 365 g/mol. The van der Waals surface area contributed by atoms with Gasteiger partial charge in [0, 0.05) is 17.2 Å². The predicted octanol–water partition coefficient (Wildman–Crippen LogP) is 1.56. The number of aryl methyl sites for hydroxylation is 2. The lowest BCUT2D eigenvalue weighted by molar-refractivity contribution is -0.385. The van der Waals surface area contributed by atoms with Gasteiger partial charge in [-0.2, -0.15) is 0 Å². The molecule has 0 saturated heterocycles. The van der Waals surface area contributed by atoms with Gasteiger partial charge in [-0.1, -0.05) is 13.8 Å². The fraction of sp³-hybridized carbons (Fsp3) is 0.471. The van der Waals surface area contributed by atoms with Gasteiger partial charge in [0.1, 0.15) is 6.04 Å². The van der Waals surface area contributed by atoms with E-state index in [0.717, 1.165) is 6.07 Å². The number of carboxylic acid groups (broad SMARTS) is 1. The Hall–Kier alpha value is -2.97. The molecule has 1 aromatic carbocycles. The van der Waals surface area contributed by atoms with Crippen molar-refractivity contribution in [2.45, 2.75) is 40.2 Å². The van der Waals surface area contributed by atoms with Crippen molar-refractivity contribution in [2.75, 3.05) is 6.54 Å². The van der Waals surface area contributed by atoms with Crippen molar-refractivity contribution >= 4 is 23.5 Å². The van der Waals surface area contributed by atoms with Crippen molar-refractivity contribution < 1.29 is 24.4 Å². The van der Waals surface area contributed by atoms with E-state index in [0.29, 0.717) is 11.1 Å². The molecular weight excluding hydrogens is 342 g/mol. The number of nitro groups is 1. The van der Waals surface area contributed by atoms with E-state index in [9.17, 15) is 24.5 Å². The summed E-state index contributed by atoms with van der Waals surface area (Å²) in [6.07, 6.45) is 0.262. The van der Waals surface area contributed by atoms with E-state index in [1.807, 2.05) is 13.8 Å². The van der Waals surface area contributed by atoms with E-state index < -0.39 is 35.3 Å². The van der Waals surface area contributed by atoms with Crippen LogP contribution in [-0.2, 0) is 9.59 Å². The molecule has 1 atom stereocenters. The number of benzene rings is 1. The van der Waals surface area contributed by atoms with E-state index in [1.165, 1.54) is 6.07 Å². The third-order valence-electron chi connectivity index (χ3n) is 3.73. The number of hydrogen-bond donors (Lipinski definition) is 3. The van der Waals surface area contributed by atoms with Gasteiger partial charge in [0.25, 0.3) is 11.6 Å². The number of amides is 2. The molecule has 142 valence electrons. The molecule has 0 aliphatic rings. The molecule has 0 fully saturated rings. The first-order valence-corrected chi connectivity index (χ1v) is 8.09. The maximum absolute atomic E-state index is 12.2. The number of carboxylic acids is 1. The van der Waals surface area contributed by atoms with Crippen LogP contribution < -0.4 is 10.6 Å². The van der Waals surface area contributed by atoms with Gasteiger partial charge in [0.15, 0.2) is 0 Å². The van der Waals surface area contributed by atoms with Gasteiger partial charge in [0.2, 0.25) is 5.91 Å². The fourth-order valence-electron chi connectivity index (χ4n) is 2.48. The maximum atomic E-state index is 12.2. The van der Waals surface area contributed by atoms with Crippen LogP contribution in [0.2, 0.25) is 0 Å². The van der Waals surface area contributed by atoms with E-state index >= 15 is 0 Å². The molecule has 2 amide bonds. The first-order valence-electron chi connectivity index (χ1n) is 8.09. The number of nitro benzene ring substituents is 1. The van der Waals surface area contributed by atoms with Crippen LogP contribution in [0.25, 0.3) is 0 Å². The monoisotopic (exact) mass is 365 g/mol. The second-order valence-electron chi connectivity index (χ2n) is 6.48. The fourth-order valence-corrected chi connectivity index (χ4v) is 2.48. The van der Waals surface area contributed by atoms with Crippen LogP contribution in [0.5, 0.6) is 0 Å². The number of rotatable bonds is 8. The molecule has 3 N–H and O–H groups in total. The number of carbonyl (C=O) groups is 3. The quantitative estimate of drug-likeness (QED) is 0.472. The Morgan fingerprint density at radius 1 is 1.19 bits per heavy atom. The summed E-state index contributed by atoms with van der Waals surface area (Å²) in [6.45, 7) is 6.44. The third kappa shape index (κ3) is 5.83. The van der Waals surface area contributed by atoms with Gasteiger partial charge in [-0.3, -0.25) is 19.7 Å². The van der Waals surface area contributed by atoms with Crippen LogP contribution in [0.4, 0.5) is 5.69 Å². The molecule has 1 rings (SSSR count). The second-order valence-corrected chi connectivity index (χ2v) is 6.48. The van der Waals surface area contributed by atoms with Gasteiger partial charge in [-0.25, -0.2) is 4.79 Å². The number of nitrogens with zero attached hydrogens (tertiary/aromatic N) is 1. The zero-order valence-corrected chi connectivity index (χ0v) is 15.2. The molecule has 9 nitrogen and oxygen atoms in total. The molecule has 0 saturated carbocycles. The smallest absolute Gasteiger partial charge is 0.326 e. The molecule has 0 heterocycles. The van der Waals surface area contributed by atoms with Gasteiger partial charge in [-0.15, -0.1) is 0 Å². The Morgan fingerprint density at radius 3 is 2.31 bits per heavy atom. The van der Waals surface area contributed by atoms with Gasteiger partial charge >= 0.3 is 5.97 Å². The molecule has 0 spiro atoms. The van der Waals surface area contributed by atoms with Gasteiger partial charge in [-0.05, 0) is 37.8 Å². The Balaban J connectivity index is 2.77. The highest BCUT2D eigenvalue weighted by Gasteiger charge is 2.22. The van der Waals surface area contributed by atoms with Crippen LogP contribution in [0.3, 0.4) is 0 Å². The minimum Gasteiger partial charge on any atom is -0.480 e. The van der Waals surface area contributed by atoms with Crippen LogP contribution in [-0.4, -0.2) is 40.4 Å². The van der Waals surface area contributed by atoms with Crippen molar-refractivity contribution in [1.29, 1.82) is 0 Å². The van der Waals surface area contributed by atoms with Crippen molar-refractivity contribution in [3.8, 4) is 0 Å². The summed E-state index contributed by atoms with van der Waals surface area (Å²) in [5, 5.41) is 24.8. The number of carbonyl (C=O) groups excluding carboxylic acids is 2. The maximum Gasteiger partial charge on any atom is 0.326 e. The molecule has 26 heavy (non-hydrogen) atoms. The SMILES string of the molecule is Cc1cc(C)c([N+](=O)[O-])cc1C(=O)NCC(=O)N[C@@H](CC(C)C)C(=O)O. The van der Waals surface area contributed by atoms with Crippen molar-refractivity contribution in [1.82, 2.24) is 10.6 Å². The Morgan fingerprint density at radius 2 is 1.81 bits per heavy atom. The van der Waals surface area contributed by atoms with E-state index in [4.69, 9.17) is 5.11 Å². The summed E-state index contributed by atoms with van der Waals surface area (Å²) in [7, 11) is 0. The molecule has 0 unspecified atom stereocenters. The molecule has 0 radical (unpaired) electrons. The van der Waals surface area contributed by atoms with Gasteiger partial charge in [0.05, 0.1) is 11.5 Å². The summed E-state index contributed by atoms with van der Waals surface area (Å²) in [5.41, 5.74) is 0.870. The molecule has 0 aromatic heterocycles. The van der Waals surface area contributed by atoms with Crippen molar-refractivity contribution in [3.05, 3.63) is 38.9 Å². The highest BCUT2D eigenvalue weighted by atomic mass is 16.6. The average Bonchev–Trinajstić information content (AvgIpc) is 2.51. The number of hydrogen-bond acceptors (Lipinski definition) is 5. The summed E-state index contributed by atoms with van der Waals surface area (Å²) in [5.74, 6) is -2.37. The first-order chi connectivity index (χ1) is 12.0. The van der Waals surface area contributed by atoms with E-state index in [-0.39, 0.29) is 23.6 Å². The Kier molecular flexibility index (Phi) is 7.24. The highest BCUT2D eigenvalue weighted by molar-refractivity contribution is 5.98. The van der Waals surface area contributed by atoms with Crippen molar-refractivity contribution in [2.24, 2.45) is 5.92 Å². The first kappa shape index (κ1) is 21.1. The zero-order valence-electron chi connectivity index (χ0n) is 15.2. The topological polar surface area (TPSA) is 139 Å². The van der Waals surface area contributed by atoms with Crippen LogP contribution in [0.1, 0.15) is 41.8 Å². The third-order valence-corrected chi connectivity index (χ3v) is 3.73. The lowest BCUT2D eigenvalue weighted by Gasteiger charge is -2.16. The number of aliphatic carboxylic acids is 1. The molecule has 0 aliphatic heterocycles. The summed E-state index contributed by atoms with van der Waals surface area (Å²) in [6, 6.07) is 1.65. The minimum absolute atomic E-state index is 0.0711. The molecule has 1 aromatic rings. The van der Waals surface area contributed by atoms with Crippen LogP contribution in [0, 0.1) is 29.9 Å². The summed E-state index contributed by atoms with van der Waals surface area (Å²) in [4.78, 5) is 45.7. The normalized spacial score (nSPS) is 11.7. The second kappa shape index (κ2) is 8.93. The molecule has 0 bridgehead atoms. The van der Waals surface area contributed by atoms with Gasteiger partial charge < -0.3 is 15.7 Å². The predicted molar refractivity (Wildman–Crippen MR) is 93.9 cm³/mol. The standard InChI is InChI=1S/C17H23N3O6/c1-9(2)5-13(17(23)24)19-15(21)8-18-16(22)12-7-14(20(25)26)11(4)6-10(12)3/h6-7,9,13H,5,8H2,1-4H3,(H,18,22)(H,19,21)(H,23,24)/t13-/m0/s1. The highest BCUT2D eigenvalue weighted by Crippen LogP contribution is 2.22. The Bertz CT molecular complexity index is 729. The lowest BCUT2D eigenvalue weighted by Crippen LogP contribution is -2.46. The van der Waals surface area contributed by atoms with Crippen LogP contribution in [0.15, 0.2) is 12.1 Å². The lowest BCUT2D eigenvalue weighted by atomic mass is 10.0. The largest absolute Gasteiger partial charge is 0.480 e. The minimum atomic E-state index is -1.15. The van der Waals surface area contributed by atoms with Crippen molar-refractivity contribution in [3.63, 3.8) is 0 Å². The summed E-state index contributed by atoms with van der Waals surface area (Å²) < 4.78 is 0. The Labute approximate surface area is 150 Å². The van der Waals surface area contributed by atoms with E-state index in [2.05, 4.69) is 10.6 Å².